The van der Waals surface area contributed by atoms with Gasteiger partial charge in [-0.1, -0.05) is 13.8 Å². The number of ether oxygens (including phenoxy) is 3. The van der Waals surface area contributed by atoms with Crippen LogP contribution in [0.4, 0.5) is 0 Å². The van der Waals surface area contributed by atoms with Gasteiger partial charge in [0.15, 0.2) is 0 Å². The maximum atomic E-state index is 13.0. The number of carboxylic acids is 3. The molecule has 372 valence electrons. The highest BCUT2D eigenvalue weighted by atomic mass is 16.5. The van der Waals surface area contributed by atoms with Crippen molar-refractivity contribution in [3.05, 3.63) is 12.2 Å². The molecule has 2 rings (SSSR count). The first-order chi connectivity index (χ1) is 31.4. The highest BCUT2D eigenvalue weighted by Gasteiger charge is 2.31. The molecule has 8 N–H and O–H groups in total. The summed E-state index contributed by atoms with van der Waals surface area (Å²) in [6.07, 6.45) is 5.34. The van der Waals surface area contributed by atoms with Gasteiger partial charge in [0.2, 0.25) is 29.5 Å². The van der Waals surface area contributed by atoms with E-state index in [4.69, 9.17) is 19.3 Å². The fraction of sp³-hybridized carbons (Fsp3) is 0.727. The molecular formula is C44H70N6O16. The fourth-order valence-corrected chi connectivity index (χ4v) is 7.46. The van der Waals surface area contributed by atoms with E-state index in [1.807, 2.05) is 13.8 Å². The first-order valence-electron chi connectivity index (χ1n) is 22.8. The number of rotatable bonds is 36. The lowest BCUT2D eigenvalue weighted by Gasteiger charge is -2.29. The van der Waals surface area contributed by atoms with Crippen molar-refractivity contribution in [3.63, 3.8) is 0 Å². The normalized spacial score (nSPS) is 17.6. The van der Waals surface area contributed by atoms with Crippen molar-refractivity contribution in [2.24, 2.45) is 23.7 Å². The molecule has 0 aromatic heterocycles. The molecule has 0 aromatic rings. The zero-order valence-electron chi connectivity index (χ0n) is 38.2. The first-order valence-corrected chi connectivity index (χ1v) is 22.8. The SMILES string of the molecule is CC(CC(=O)O)CC(C)CC(=O)NCC1CCC(C(=O)NC(CCC(=O)NC(CCC(=O)O)C(=O)NCCCOCCOCCOCCCNC(=O)CCN2C(=O)C=CC2=O)C(=O)O)CC1. The predicted molar refractivity (Wildman–Crippen MR) is 234 cm³/mol. The molecule has 1 aliphatic carbocycles. The van der Waals surface area contributed by atoms with E-state index in [-0.39, 0.29) is 94.4 Å². The maximum absolute atomic E-state index is 13.0. The highest BCUT2D eigenvalue weighted by Crippen LogP contribution is 2.29. The minimum atomic E-state index is -1.37. The van der Waals surface area contributed by atoms with Crippen LogP contribution in [0.15, 0.2) is 12.2 Å². The van der Waals surface area contributed by atoms with Crippen molar-refractivity contribution in [2.75, 3.05) is 65.8 Å². The van der Waals surface area contributed by atoms with E-state index in [1.165, 1.54) is 12.2 Å². The Kier molecular flexibility index (Phi) is 27.7. The van der Waals surface area contributed by atoms with Crippen LogP contribution in [0, 0.1) is 23.7 Å². The van der Waals surface area contributed by atoms with Crippen molar-refractivity contribution in [2.45, 2.75) is 116 Å². The topological polar surface area (TPSA) is 322 Å². The van der Waals surface area contributed by atoms with Crippen molar-refractivity contribution in [1.82, 2.24) is 31.5 Å². The Morgan fingerprint density at radius 1 is 0.636 bits per heavy atom. The van der Waals surface area contributed by atoms with Crippen LogP contribution < -0.4 is 26.6 Å². The zero-order chi connectivity index (χ0) is 48.9. The van der Waals surface area contributed by atoms with Crippen LogP contribution in [0.5, 0.6) is 0 Å². The van der Waals surface area contributed by atoms with E-state index in [0.29, 0.717) is 84.5 Å². The summed E-state index contributed by atoms with van der Waals surface area (Å²) >= 11 is 0. The van der Waals surface area contributed by atoms with Crippen LogP contribution in [-0.2, 0) is 62.2 Å². The number of aliphatic carboxylic acids is 3. The summed E-state index contributed by atoms with van der Waals surface area (Å²) in [7, 11) is 0. The molecule has 0 aromatic carbocycles. The van der Waals surface area contributed by atoms with Crippen LogP contribution in [0.1, 0.15) is 104 Å². The quantitative estimate of drug-likeness (QED) is 0.0314. The Bertz CT molecular complexity index is 1630. The van der Waals surface area contributed by atoms with Gasteiger partial charge in [0, 0.05) is 89.6 Å². The molecule has 1 heterocycles. The van der Waals surface area contributed by atoms with Crippen molar-refractivity contribution < 1.29 is 77.5 Å². The Hall–Kier alpha value is -5.48. The smallest absolute Gasteiger partial charge is 0.326 e. The number of hydrogen-bond donors (Lipinski definition) is 8. The molecule has 0 saturated heterocycles. The number of carbonyl (C=O) groups excluding carboxylic acids is 7. The van der Waals surface area contributed by atoms with Gasteiger partial charge in [0.1, 0.15) is 12.1 Å². The van der Waals surface area contributed by atoms with E-state index in [0.717, 1.165) is 4.90 Å². The molecule has 1 aliphatic heterocycles. The van der Waals surface area contributed by atoms with Gasteiger partial charge in [0.05, 0.1) is 26.4 Å². The monoisotopic (exact) mass is 938 g/mol. The van der Waals surface area contributed by atoms with E-state index in [1.54, 1.807) is 0 Å². The molecule has 4 unspecified atom stereocenters. The van der Waals surface area contributed by atoms with Gasteiger partial charge in [-0.15, -0.1) is 0 Å². The summed E-state index contributed by atoms with van der Waals surface area (Å²) in [6.45, 7) is 6.66. The lowest BCUT2D eigenvalue weighted by molar-refractivity contribution is -0.143. The van der Waals surface area contributed by atoms with Crippen molar-refractivity contribution >= 4 is 59.3 Å². The Labute approximate surface area is 385 Å². The second-order valence-corrected chi connectivity index (χ2v) is 16.9. The Morgan fingerprint density at radius 2 is 1.20 bits per heavy atom. The lowest BCUT2D eigenvalue weighted by Crippen LogP contribution is -2.48. The van der Waals surface area contributed by atoms with E-state index in [9.17, 15) is 58.2 Å². The maximum Gasteiger partial charge on any atom is 0.326 e. The minimum absolute atomic E-state index is 0.0184. The average Bonchev–Trinajstić information content (AvgIpc) is 3.58. The summed E-state index contributed by atoms with van der Waals surface area (Å²) in [5.74, 6) is -6.67. The average molecular weight is 939 g/mol. The van der Waals surface area contributed by atoms with Crippen LogP contribution in [0.25, 0.3) is 0 Å². The van der Waals surface area contributed by atoms with Gasteiger partial charge in [-0.05, 0) is 75.5 Å². The van der Waals surface area contributed by atoms with Gasteiger partial charge >= 0.3 is 17.9 Å². The minimum Gasteiger partial charge on any atom is -0.481 e. The number of carboxylic acid groups (broad SMARTS) is 3. The largest absolute Gasteiger partial charge is 0.481 e. The highest BCUT2D eigenvalue weighted by molar-refractivity contribution is 6.13. The number of nitrogens with zero attached hydrogens (tertiary/aromatic N) is 1. The third-order valence-corrected chi connectivity index (χ3v) is 11.0. The van der Waals surface area contributed by atoms with Crippen molar-refractivity contribution in [3.8, 4) is 0 Å². The molecule has 66 heavy (non-hydrogen) atoms. The summed E-state index contributed by atoms with van der Waals surface area (Å²) in [4.78, 5) is 121. The third kappa shape index (κ3) is 25.3. The van der Waals surface area contributed by atoms with Crippen LogP contribution in [0.3, 0.4) is 0 Å². The summed E-state index contributed by atoms with van der Waals surface area (Å²) in [5, 5.41) is 41.2. The summed E-state index contributed by atoms with van der Waals surface area (Å²) in [6, 6.07) is -2.56. The molecule has 0 bridgehead atoms. The Balaban J connectivity index is 1.57. The molecule has 7 amide bonds. The molecule has 0 radical (unpaired) electrons. The number of hydrogen-bond acceptors (Lipinski definition) is 13. The predicted octanol–water partition coefficient (Wildman–Crippen LogP) is 0.513. The number of imide groups is 1. The van der Waals surface area contributed by atoms with Gasteiger partial charge in [0.25, 0.3) is 11.8 Å². The second kappa shape index (κ2) is 32.2. The van der Waals surface area contributed by atoms with E-state index in [2.05, 4.69) is 26.6 Å². The molecule has 22 nitrogen and oxygen atoms in total. The molecule has 1 saturated carbocycles. The van der Waals surface area contributed by atoms with E-state index < -0.39 is 71.9 Å². The van der Waals surface area contributed by atoms with Crippen molar-refractivity contribution in [1.29, 1.82) is 0 Å². The molecule has 22 heteroatoms. The van der Waals surface area contributed by atoms with Gasteiger partial charge in [-0.25, -0.2) is 4.79 Å². The van der Waals surface area contributed by atoms with Crippen LogP contribution >= 0.6 is 0 Å². The van der Waals surface area contributed by atoms with Gasteiger partial charge < -0.3 is 56.1 Å². The summed E-state index contributed by atoms with van der Waals surface area (Å²) < 4.78 is 16.4. The summed E-state index contributed by atoms with van der Waals surface area (Å²) in [5.41, 5.74) is 0. The zero-order valence-corrected chi connectivity index (χ0v) is 38.2. The van der Waals surface area contributed by atoms with Gasteiger partial charge in [-0.3, -0.25) is 48.1 Å². The van der Waals surface area contributed by atoms with Crippen LogP contribution in [-0.4, -0.2) is 157 Å². The number of carbonyl (C=O) groups is 10. The number of nitrogens with one attached hydrogen (secondary N) is 5. The molecule has 1 fully saturated rings. The third-order valence-electron chi connectivity index (χ3n) is 11.0. The standard InChI is InChI=1S/C44H70N6O16/c1-29(25-30(2)27-41(58)59)26-37(53)47-28-31-5-7-32(8-6-31)42(60)49-34(44(62)63)9-11-36(52)48-33(10-14-40(56)57)43(61)46-17-4-20-65-22-24-66-23-21-64-19-3-16-45-35(51)15-18-50-38(54)12-13-39(50)55/h12-13,29-34H,3-11,14-28H2,1-2H3,(H,45,51)(H,46,61)(H,47,53)(H,48,52)(H,49,60)(H,56,57)(H,58,59)(H,62,63). The second-order valence-electron chi connectivity index (χ2n) is 16.9. The lowest BCUT2D eigenvalue weighted by atomic mass is 9.81. The molecule has 0 spiro atoms. The fourth-order valence-electron chi connectivity index (χ4n) is 7.46. The number of amides is 7. The first kappa shape index (κ1) is 56.6. The molecular weight excluding hydrogens is 869 g/mol. The molecule has 2 aliphatic rings. The Morgan fingerprint density at radius 3 is 1.77 bits per heavy atom. The molecule has 4 atom stereocenters. The van der Waals surface area contributed by atoms with Crippen LogP contribution in [0.2, 0.25) is 0 Å². The van der Waals surface area contributed by atoms with Gasteiger partial charge in [-0.2, -0.15) is 0 Å². The van der Waals surface area contributed by atoms with E-state index >= 15 is 0 Å².